The fraction of sp³-hybridized carbons (Fsp3) is 0.190. The first-order valence-electron chi connectivity index (χ1n) is 8.09. The van der Waals surface area contributed by atoms with Gasteiger partial charge in [-0.05, 0) is 37.6 Å². The van der Waals surface area contributed by atoms with Crippen molar-refractivity contribution < 1.29 is 19.5 Å². The number of hydrogen-bond donors (Lipinski definition) is 2. The fourth-order valence-electron chi connectivity index (χ4n) is 2.87. The summed E-state index contributed by atoms with van der Waals surface area (Å²) in [7, 11) is 1.60. The van der Waals surface area contributed by atoms with E-state index < -0.39 is 0 Å². The Bertz CT molecular complexity index is 980. The number of aromatic hydroxyl groups is 2. The summed E-state index contributed by atoms with van der Waals surface area (Å²) in [5, 5.41) is 24.6. The van der Waals surface area contributed by atoms with Crippen molar-refractivity contribution in [1.29, 1.82) is 0 Å². The number of ether oxygens (including phenoxy) is 1. The lowest BCUT2D eigenvalue weighted by atomic mass is 9.93. The molecule has 0 aliphatic carbocycles. The minimum Gasteiger partial charge on any atom is -0.507 e. The molecule has 132 valence electrons. The van der Waals surface area contributed by atoms with E-state index in [1.807, 2.05) is 24.3 Å². The molecule has 2 aromatic carbocycles. The van der Waals surface area contributed by atoms with Crippen LogP contribution in [0.2, 0.25) is 0 Å². The van der Waals surface area contributed by atoms with Crippen LogP contribution >= 0.6 is 0 Å². The Hall–Kier alpha value is -3.39. The first-order chi connectivity index (χ1) is 12.5. The largest absolute Gasteiger partial charge is 0.507 e. The molecule has 3 rings (SSSR count). The van der Waals surface area contributed by atoms with Gasteiger partial charge in [0.05, 0.1) is 12.7 Å². The lowest BCUT2D eigenvalue weighted by molar-refractivity contribution is 0.399. The van der Waals surface area contributed by atoms with Crippen LogP contribution < -0.4 is 4.74 Å². The van der Waals surface area contributed by atoms with Gasteiger partial charge in [0.2, 0.25) is 0 Å². The van der Waals surface area contributed by atoms with Crippen LogP contribution in [0.4, 0.5) is 0 Å². The quantitative estimate of drug-likeness (QED) is 0.680. The van der Waals surface area contributed by atoms with Gasteiger partial charge in [-0.15, -0.1) is 6.42 Å². The Balaban J connectivity index is 2.18. The highest BCUT2D eigenvalue weighted by Crippen LogP contribution is 2.42. The molecule has 1 unspecified atom stereocenters. The molecule has 1 heterocycles. The minimum atomic E-state index is -0.313. The molecule has 0 saturated heterocycles. The van der Waals surface area contributed by atoms with Gasteiger partial charge in [0.1, 0.15) is 28.7 Å². The lowest BCUT2D eigenvalue weighted by Crippen LogP contribution is -1.93. The van der Waals surface area contributed by atoms with Crippen LogP contribution in [0.1, 0.15) is 24.2 Å². The maximum Gasteiger partial charge on any atom is 0.142 e. The molecule has 5 nitrogen and oxygen atoms in total. The van der Waals surface area contributed by atoms with Gasteiger partial charge >= 0.3 is 0 Å². The maximum atomic E-state index is 10.4. The smallest absolute Gasteiger partial charge is 0.142 e. The van der Waals surface area contributed by atoms with Crippen LogP contribution in [0.5, 0.6) is 17.2 Å². The van der Waals surface area contributed by atoms with Crippen molar-refractivity contribution in [3.63, 3.8) is 0 Å². The summed E-state index contributed by atoms with van der Waals surface area (Å²) < 4.78 is 10.6. The Kier molecular flexibility index (Phi) is 4.59. The predicted octanol–water partition coefficient (Wildman–Crippen LogP) is 4.47. The summed E-state index contributed by atoms with van der Waals surface area (Å²) in [4.78, 5) is 0. The molecular formula is C21H19NO4. The zero-order chi connectivity index (χ0) is 18.8. The topological polar surface area (TPSA) is 75.7 Å². The van der Waals surface area contributed by atoms with Crippen molar-refractivity contribution in [3.8, 4) is 52.0 Å². The van der Waals surface area contributed by atoms with Gasteiger partial charge in [-0.1, -0.05) is 23.2 Å². The van der Waals surface area contributed by atoms with Gasteiger partial charge in [0.15, 0.2) is 0 Å². The molecule has 0 radical (unpaired) electrons. The zero-order valence-corrected chi connectivity index (χ0v) is 14.8. The summed E-state index contributed by atoms with van der Waals surface area (Å²) in [6.45, 7) is 3.60. The number of rotatable bonds is 4. The van der Waals surface area contributed by atoms with E-state index in [4.69, 9.17) is 15.7 Å². The molecule has 3 aromatic rings. The third-order valence-corrected chi connectivity index (χ3v) is 4.36. The van der Waals surface area contributed by atoms with E-state index in [0.29, 0.717) is 22.6 Å². The summed E-state index contributed by atoms with van der Waals surface area (Å²) in [6, 6.07) is 10.4. The Morgan fingerprint density at radius 3 is 2.46 bits per heavy atom. The van der Waals surface area contributed by atoms with Crippen LogP contribution in [0.3, 0.4) is 0 Å². The van der Waals surface area contributed by atoms with E-state index in [1.165, 1.54) is 6.07 Å². The number of nitrogens with zero attached hydrogens (tertiary/aromatic N) is 1. The minimum absolute atomic E-state index is 0.0529. The fourth-order valence-corrected chi connectivity index (χ4v) is 2.87. The molecule has 1 atom stereocenters. The van der Waals surface area contributed by atoms with E-state index in [-0.39, 0.29) is 17.4 Å². The SMILES string of the molecule is C#CC(C)c1cc(-c2noc(C)c2-c2ccc(OC)cc2)c(O)cc1O. The van der Waals surface area contributed by atoms with Crippen LogP contribution in [0.15, 0.2) is 40.9 Å². The van der Waals surface area contributed by atoms with Crippen molar-refractivity contribution >= 4 is 0 Å². The second kappa shape index (κ2) is 6.85. The molecule has 0 bridgehead atoms. The van der Waals surface area contributed by atoms with E-state index in [9.17, 15) is 10.2 Å². The molecule has 0 aliphatic rings. The number of hydrogen-bond acceptors (Lipinski definition) is 5. The van der Waals surface area contributed by atoms with E-state index >= 15 is 0 Å². The Morgan fingerprint density at radius 2 is 1.85 bits per heavy atom. The number of terminal acetylenes is 1. The van der Waals surface area contributed by atoms with Gasteiger partial charge in [-0.2, -0.15) is 0 Å². The van der Waals surface area contributed by atoms with Gasteiger partial charge in [0.25, 0.3) is 0 Å². The standard InChI is InChI=1S/C21H19NO4/c1-5-12(2)16-10-17(19(24)11-18(16)23)21-20(13(3)26-22-21)14-6-8-15(25-4)9-7-14/h1,6-12,23-24H,2-4H3. The third-order valence-electron chi connectivity index (χ3n) is 4.36. The number of phenols is 2. The monoisotopic (exact) mass is 349 g/mol. The van der Waals surface area contributed by atoms with Crippen molar-refractivity contribution in [2.75, 3.05) is 7.11 Å². The van der Waals surface area contributed by atoms with Gasteiger partial charge in [0, 0.05) is 23.1 Å². The average Bonchev–Trinajstić information content (AvgIpc) is 3.02. The van der Waals surface area contributed by atoms with Crippen LogP contribution in [0, 0.1) is 19.3 Å². The number of aryl methyl sites for hydroxylation is 1. The summed E-state index contributed by atoms with van der Waals surface area (Å²) >= 11 is 0. The Labute approximate surface area is 151 Å². The molecule has 2 N–H and O–H groups in total. The molecule has 0 amide bonds. The first kappa shape index (κ1) is 17.4. The van der Waals surface area contributed by atoms with Gasteiger partial charge < -0.3 is 19.5 Å². The summed E-state index contributed by atoms with van der Waals surface area (Å²) in [6.07, 6.45) is 5.48. The molecule has 1 aromatic heterocycles. The van der Waals surface area contributed by atoms with Crippen LogP contribution in [-0.4, -0.2) is 22.5 Å². The third kappa shape index (κ3) is 2.98. The maximum absolute atomic E-state index is 10.4. The average molecular weight is 349 g/mol. The van der Waals surface area contributed by atoms with E-state index in [0.717, 1.165) is 16.9 Å². The molecule has 0 spiro atoms. The molecule has 0 aliphatic heterocycles. The summed E-state index contributed by atoms with van der Waals surface area (Å²) in [5.74, 6) is 3.47. The molecule has 26 heavy (non-hydrogen) atoms. The highest BCUT2D eigenvalue weighted by molar-refractivity contribution is 5.85. The molecule has 0 fully saturated rings. The van der Waals surface area contributed by atoms with E-state index in [1.54, 1.807) is 27.0 Å². The second-order valence-corrected chi connectivity index (χ2v) is 6.01. The Morgan fingerprint density at radius 1 is 1.15 bits per heavy atom. The normalized spacial score (nSPS) is 11.8. The number of benzene rings is 2. The number of phenolic OH excluding ortho intramolecular Hbond substituents is 2. The van der Waals surface area contributed by atoms with Crippen molar-refractivity contribution in [2.45, 2.75) is 19.8 Å². The first-order valence-corrected chi connectivity index (χ1v) is 8.09. The number of methoxy groups -OCH3 is 1. The highest BCUT2D eigenvalue weighted by atomic mass is 16.5. The zero-order valence-electron chi connectivity index (χ0n) is 14.8. The molecular weight excluding hydrogens is 330 g/mol. The van der Waals surface area contributed by atoms with Crippen LogP contribution in [-0.2, 0) is 0 Å². The van der Waals surface area contributed by atoms with Gasteiger partial charge in [-0.3, -0.25) is 0 Å². The number of aromatic nitrogens is 1. The van der Waals surface area contributed by atoms with Crippen LogP contribution in [0.25, 0.3) is 22.4 Å². The van der Waals surface area contributed by atoms with Crippen molar-refractivity contribution in [3.05, 3.63) is 47.7 Å². The van der Waals surface area contributed by atoms with E-state index in [2.05, 4.69) is 11.1 Å². The highest BCUT2D eigenvalue weighted by Gasteiger charge is 2.22. The molecule has 0 saturated carbocycles. The lowest BCUT2D eigenvalue weighted by Gasteiger charge is -2.12. The van der Waals surface area contributed by atoms with Gasteiger partial charge in [-0.25, -0.2) is 0 Å². The van der Waals surface area contributed by atoms with Crippen molar-refractivity contribution in [1.82, 2.24) is 5.16 Å². The van der Waals surface area contributed by atoms with Crippen molar-refractivity contribution in [2.24, 2.45) is 0 Å². The summed E-state index contributed by atoms with van der Waals surface area (Å²) in [5.41, 5.74) is 3.10. The molecule has 5 heteroatoms. The second-order valence-electron chi connectivity index (χ2n) is 6.01. The predicted molar refractivity (Wildman–Crippen MR) is 99.2 cm³/mol.